The first-order valence-corrected chi connectivity index (χ1v) is 17.5. The highest BCUT2D eigenvalue weighted by molar-refractivity contribution is 7.91. The molecule has 1 saturated carbocycles. The zero-order chi connectivity index (χ0) is 31.8. The van der Waals surface area contributed by atoms with Gasteiger partial charge < -0.3 is 9.67 Å². The van der Waals surface area contributed by atoms with Crippen molar-refractivity contribution in [2.45, 2.75) is 38.0 Å². The summed E-state index contributed by atoms with van der Waals surface area (Å²) in [5.74, 6) is 0.731. The Morgan fingerprint density at radius 1 is 0.826 bits per heavy atom. The van der Waals surface area contributed by atoms with E-state index in [4.69, 9.17) is 28.2 Å². The molecule has 0 saturated heterocycles. The Morgan fingerprint density at radius 2 is 1.54 bits per heavy atom. The van der Waals surface area contributed by atoms with Crippen LogP contribution in [0.4, 0.5) is 5.69 Å². The fraction of sp³-hybridized carbons (Fsp3) is 0.194. The van der Waals surface area contributed by atoms with E-state index in [1.807, 2.05) is 41.1 Å². The number of benzene rings is 4. The average molecular weight is 672 g/mol. The van der Waals surface area contributed by atoms with Crippen LogP contribution in [0.25, 0.3) is 28.1 Å². The molecule has 7 nitrogen and oxygen atoms in total. The average Bonchev–Trinajstić information content (AvgIpc) is 3.61. The lowest BCUT2D eigenvalue weighted by molar-refractivity contribution is 0.320. The summed E-state index contributed by atoms with van der Waals surface area (Å²) in [6, 6.07) is 31.7. The van der Waals surface area contributed by atoms with Crippen LogP contribution in [0.2, 0.25) is 10.0 Å². The van der Waals surface area contributed by atoms with Crippen LogP contribution in [0, 0.1) is 5.92 Å². The highest BCUT2D eigenvalue weighted by atomic mass is 35.5. The SMILES string of the molecule is O=S1(=O)NC(O)=CN1c1cccc(-n2cc(-c3ccc(Cl)cc3Cl)nc2C(c2ccc(-c3ccccc3)cc2)C2CCCCC2)c1. The molecule has 1 aliphatic heterocycles. The van der Waals surface area contributed by atoms with Gasteiger partial charge in [0.2, 0.25) is 5.88 Å². The van der Waals surface area contributed by atoms with Gasteiger partial charge in [0.05, 0.1) is 22.6 Å². The van der Waals surface area contributed by atoms with Gasteiger partial charge in [-0.2, -0.15) is 8.42 Å². The van der Waals surface area contributed by atoms with Gasteiger partial charge in [-0.15, -0.1) is 0 Å². The topological polar surface area (TPSA) is 87.5 Å². The number of aliphatic hydroxyl groups is 1. The normalized spacial score (nSPS) is 17.0. The number of hydrogen-bond donors (Lipinski definition) is 2. The number of hydrogen-bond acceptors (Lipinski definition) is 4. The zero-order valence-corrected chi connectivity index (χ0v) is 27.2. The van der Waals surface area contributed by atoms with E-state index in [1.54, 1.807) is 30.3 Å². The van der Waals surface area contributed by atoms with Crippen molar-refractivity contribution in [1.29, 1.82) is 0 Å². The number of anilines is 1. The summed E-state index contributed by atoms with van der Waals surface area (Å²) < 4.78 is 30.7. The number of aromatic nitrogens is 2. The Morgan fingerprint density at radius 3 is 2.24 bits per heavy atom. The molecule has 7 rings (SSSR count). The molecule has 46 heavy (non-hydrogen) atoms. The molecule has 5 aromatic rings. The van der Waals surface area contributed by atoms with E-state index in [9.17, 15) is 13.5 Å². The van der Waals surface area contributed by atoms with Crippen LogP contribution in [0.3, 0.4) is 0 Å². The van der Waals surface area contributed by atoms with Crippen LogP contribution >= 0.6 is 23.2 Å². The summed E-state index contributed by atoms with van der Waals surface area (Å²) in [6.07, 6.45) is 8.81. The van der Waals surface area contributed by atoms with Crippen molar-refractivity contribution >= 4 is 39.1 Å². The van der Waals surface area contributed by atoms with E-state index in [1.165, 1.54) is 12.0 Å². The Balaban J connectivity index is 1.39. The summed E-state index contributed by atoms with van der Waals surface area (Å²) in [7, 11) is -3.96. The van der Waals surface area contributed by atoms with Crippen LogP contribution < -0.4 is 9.03 Å². The second kappa shape index (κ2) is 12.5. The van der Waals surface area contributed by atoms with Gasteiger partial charge in [-0.25, -0.2) is 14.0 Å². The molecule has 1 fully saturated rings. The molecule has 0 radical (unpaired) electrons. The fourth-order valence-electron chi connectivity index (χ4n) is 6.64. The van der Waals surface area contributed by atoms with Gasteiger partial charge in [0.1, 0.15) is 5.82 Å². The van der Waals surface area contributed by atoms with E-state index < -0.39 is 16.1 Å². The first-order chi connectivity index (χ1) is 22.3. The maximum absolute atomic E-state index is 12.7. The monoisotopic (exact) mass is 670 g/mol. The lowest BCUT2D eigenvalue weighted by Gasteiger charge is -2.31. The molecular formula is C36H32Cl2N4O3S. The van der Waals surface area contributed by atoms with E-state index in [2.05, 4.69) is 41.1 Å². The minimum absolute atomic E-state index is 0.0327. The van der Waals surface area contributed by atoms with Crippen LogP contribution in [-0.4, -0.2) is 23.1 Å². The summed E-state index contributed by atoms with van der Waals surface area (Å²) in [4.78, 5) is 5.29. The number of rotatable bonds is 7. The lowest BCUT2D eigenvalue weighted by Crippen LogP contribution is -2.29. The number of nitrogens with zero attached hydrogens (tertiary/aromatic N) is 3. The molecule has 0 amide bonds. The number of halogens is 2. The van der Waals surface area contributed by atoms with Gasteiger partial charge in [0.25, 0.3) is 0 Å². The van der Waals surface area contributed by atoms with Gasteiger partial charge in [-0.1, -0.05) is 103 Å². The molecular weight excluding hydrogens is 639 g/mol. The van der Waals surface area contributed by atoms with Crippen LogP contribution in [0.5, 0.6) is 0 Å². The van der Waals surface area contributed by atoms with Crippen molar-refractivity contribution in [3.8, 4) is 28.1 Å². The molecule has 0 bridgehead atoms. The zero-order valence-electron chi connectivity index (χ0n) is 24.9. The third kappa shape index (κ3) is 6.00. The third-order valence-corrected chi connectivity index (χ3v) is 10.7. The first-order valence-electron chi connectivity index (χ1n) is 15.3. The second-order valence-corrected chi connectivity index (χ2v) is 14.2. The lowest BCUT2D eigenvalue weighted by atomic mass is 9.76. The first kappa shape index (κ1) is 30.4. The summed E-state index contributed by atoms with van der Waals surface area (Å²) in [6.45, 7) is 0. The molecule has 234 valence electrons. The molecule has 1 unspecified atom stereocenters. The summed E-state index contributed by atoms with van der Waals surface area (Å²) >= 11 is 13.0. The van der Waals surface area contributed by atoms with Crippen molar-refractivity contribution in [1.82, 2.24) is 14.3 Å². The number of imidazole rings is 1. The predicted molar refractivity (Wildman–Crippen MR) is 185 cm³/mol. The van der Waals surface area contributed by atoms with Gasteiger partial charge >= 0.3 is 10.2 Å². The standard InChI is InChI=1S/C36H32Cl2N4O3S/c37-28-18-19-31(32(38)20-28)33-22-41(29-12-7-13-30(21-29)42-23-34(43)40-46(42,44)45)36(39-33)35(26-10-5-2-6-11-26)27-16-14-25(15-17-27)24-8-3-1-4-9-24/h1,3-4,7-9,12-23,26,35,40,43H,2,5-6,10-11H2. The minimum Gasteiger partial charge on any atom is -0.493 e. The van der Waals surface area contributed by atoms with Crippen molar-refractivity contribution in [2.75, 3.05) is 4.31 Å². The molecule has 1 aromatic heterocycles. The van der Waals surface area contributed by atoms with Crippen LogP contribution in [-0.2, 0) is 10.2 Å². The van der Waals surface area contributed by atoms with Crippen molar-refractivity contribution in [2.24, 2.45) is 5.92 Å². The smallest absolute Gasteiger partial charge is 0.330 e. The Bertz CT molecular complexity index is 2020. The number of aliphatic hydroxyl groups excluding tert-OH is 1. The molecule has 2 N–H and O–H groups in total. The second-order valence-electron chi connectivity index (χ2n) is 11.8. The fourth-order valence-corrected chi connectivity index (χ4v) is 8.19. The highest BCUT2D eigenvalue weighted by Gasteiger charge is 2.33. The van der Waals surface area contributed by atoms with Gasteiger partial charge in [-0.05, 0) is 71.8 Å². The molecule has 0 spiro atoms. The highest BCUT2D eigenvalue weighted by Crippen LogP contribution is 2.43. The Labute approximate surface area is 278 Å². The Kier molecular flexibility index (Phi) is 8.27. The van der Waals surface area contributed by atoms with Crippen LogP contribution in [0.15, 0.2) is 115 Å². The number of nitrogens with one attached hydrogen (secondary N) is 1. The van der Waals surface area contributed by atoms with E-state index in [0.29, 0.717) is 27.3 Å². The predicted octanol–water partition coefficient (Wildman–Crippen LogP) is 9.24. The Hall–Kier alpha value is -4.24. The maximum Gasteiger partial charge on any atom is 0.330 e. The molecule has 2 aliphatic rings. The van der Waals surface area contributed by atoms with Crippen molar-refractivity contribution < 1.29 is 13.5 Å². The maximum atomic E-state index is 12.7. The van der Waals surface area contributed by atoms with E-state index in [-0.39, 0.29) is 5.92 Å². The molecule has 2 heterocycles. The van der Waals surface area contributed by atoms with Gasteiger partial charge in [-0.3, -0.25) is 0 Å². The quantitative estimate of drug-likeness (QED) is 0.181. The molecule has 1 aliphatic carbocycles. The summed E-state index contributed by atoms with van der Waals surface area (Å²) in [5, 5.41) is 11.0. The van der Waals surface area contributed by atoms with Crippen LogP contribution in [0.1, 0.15) is 49.4 Å². The minimum atomic E-state index is -3.96. The van der Waals surface area contributed by atoms with Gasteiger partial charge in [0, 0.05) is 28.4 Å². The summed E-state index contributed by atoms with van der Waals surface area (Å²) in [5.41, 5.74) is 6.03. The molecule has 4 aromatic carbocycles. The molecule has 10 heteroatoms. The van der Waals surface area contributed by atoms with Gasteiger partial charge in [0.15, 0.2) is 0 Å². The van der Waals surface area contributed by atoms with E-state index >= 15 is 0 Å². The largest absolute Gasteiger partial charge is 0.493 e. The molecule has 1 atom stereocenters. The third-order valence-electron chi connectivity index (χ3n) is 8.81. The van der Waals surface area contributed by atoms with E-state index in [0.717, 1.165) is 64.4 Å². The van der Waals surface area contributed by atoms with Crippen molar-refractivity contribution in [3.05, 3.63) is 137 Å². The van der Waals surface area contributed by atoms with Crippen molar-refractivity contribution in [3.63, 3.8) is 0 Å².